The van der Waals surface area contributed by atoms with Crippen LogP contribution in [0.15, 0.2) is 42.5 Å². The number of ether oxygens (including phenoxy) is 1. The number of carbonyl (C=O) groups is 2. The van der Waals surface area contributed by atoms with Crippen LogP contribution in [0.5, 0.6) is 5.75 Å². The van der Waals surface area contributed by atoms with E-state index in [1.807, 2.05) is 29.2 Å². The number of aromatic carboxylic acids is 1. The lowest BCUT2D eigenvalue weighted by Gasteiger charge is -2.27. The maximum absolute atomic E-state index is 12.8. The van der Waals surface area contributed by atoms with E-state index in [4.69, 9.17) is 4.74 Å². The van der Waals surface area contributed by atoms with Crippen LogP contribution in [0, 0.1) is 0 Å². The minimum atomic E-state index is -0.949. The van der Waals surface area contributed by atoms with Crippen molar-refractivity contribution >= 4 is 22.8 Å². The van der Waals surface area contributed by atoms with Gasteiger partial charge in [-0.15, -0.1) is 0 Å². The van der Waals surface area contributed by atoms with Crippen LogP contribution >= 0.6 is 0 Å². The van der Waals surface area contributed by atoms with Crippen LogP contribution < -0.4 is 4.74 Å². The molecule has 0 saturated heterocycles. The largest absolute Gasteiger partial charge is 0.497 e. The van der Waals surface area contributed by atoms with Crippen molar-refractivity contribution in [3.63, 3.8) is 0 Å². The summed E-state index contributed by atoms with van der Waals surface area (Å²) < 4.78 is 5.15. The van der Waals surface area contributed by atoms with E-state index in [9.17, 15) is 14.7 Å². The maximum Gasteiger partial charge on any atom is 0.335 e. The predicted octanol–water partition coefficient (Wildman–Crippen LogP) is 3.00. The molecule has 0 unspecified atom stereocenters. The number of aromatic amines is 1. The molecule has 27 heavy (non-hydrogen) atoms. The molecule has 2 heterocycles. The van der Waals surface area contributed by atoms with E-state index in [-0.39, 0.29) is 11.5 Å². The Morgan fingerprint density at radius 3 is 2.67 bits per heavy atom. The number of rotatable bonds is 4. The van der Waals surface area contributed by atoms with Crippen LogP contribution in [0.4, 0.5) is 0 Å². The summed E-state index contributed by atoms with van der Waals surface area (Å²) in [4.78, 5) is 29.2. The third kappa shape index (κ3) is 3.26. The van der Waals surface area contributed by atoms with Gasteiger partial charge in [-0.05, 0) is 35.9 Å². The van der Waals surface area contributed by atoms with Crippen LogP contribution in [0.1, 0.15) is 27.2 Å². The van der Waals surface area contributed by atoms with E-state index >= 15 is 0 Å². The molecule has 0 atom stereocenters. The summed E-state index contributed by atoms with van der Waals surface area (Å²) in [5.41, 5.74) is 4.21. The van der Waals surface area contributed by atoms with Crippen molar-refractivity contribution in [3.8, 4) is 5.75 Å². The monoisotopic (exact) mass is 364 g/mol. The normalized spacial score (nSPS) is 13.4. The topological polar surface area (TPSA) is 82.6 Å². The number of aromatic nitrogens is 1. The van der Waals surface area contributed by atoms with Gasteiger partial charge >= 0.3 is 5.97 Å². The van der Waals surface area contributed by atoms with Crippen LogP contribution in [0.3, 0.4) is 0 Å². The summed E-state index contributed by atoms with van der Waals surface area (Å²) >= 11 is 0. The molecule has 2 aromatic carbocycles. The standard InChI is InChI=1S/C21H20N2O4/c1-27-15-5-2-13(3-6-15)10-20(24)23-9-8-19-17(12-23)16-11-14(21(25)26)4-7-18(16)22-19/h2-7,11,22H,8-10,12H2,1H3,(H,25,26). The Balaban J connectivity index is 1.56. The van der Waals surface area contributed by atoms with Gasteiger partial charge in [0.25, 0.3) is 0 Å². The minimum Gasteiger partial charge on any atom is -0.497 e. The molecule has 2 N–H and O–H groups in total. The fraction of sp³-hybridized carbons (Fsp3) is 0.238. The lowest BCUT2D eigenvalue weighted by molar-refractivity contribution is -0.131. The zero-order chi connectivity index (χ0) is 19.0. The summed E-state index contributed by atoms with van der Waals surface area (Å²) in [6, 6.07) is 12.6. The van der Waals surface area contributed by atoms with Crippen LogP contribution in [-0.2, 0) is 24.2 Å². The molecule has 3 aromatic rings. The summed E-state index contributed by atoms with van der Waals surface area (Å²) in [6.45, 7) is 1.15. The van der Waals surface area contributed by atoms with Gasteiger partial charge in [-0.2, -0.15) is 0 Å². The highest BCUT2D eigenvalue weighted by Gasteiger charge is 2.24. The molecular weight excluding hydrogens is 344 g/mol. The number of methoxy groups -OCH3 is 1. The molecule has 0 saturated carbocycles. The molecule has 0 bridgehead atoms. The van der Waals surface area contributed by atoms with Gasteiger partial charge in [0.1, 0.15) is 5.75 Å². The van der Waals surface area contributed by atoms with E-state index in [0.29, 0.717) is 19.5 Å². The minimum absolute atomic E-state index is 0.0644. The number of nitrogens with zero attached hydrogens (tertiary/aromatic N) is 1. The number of carbonyl (C=O) groups excluding carboxylic acids is 1. The number of carboxylic acids is 1. The lowest BCUT2D eigenvalue weighted by atomic mass is 10.0. The van der Waals surface area contributed by atoms with Gasteiger partial charge < -0.3 is 19.7 Å². The second kappa shape index (κ2) is 6.79. The molecule has 1 amide bonds. The zero-order valence-corrected chi connectivity index (χ0v) is 15.0. The summed E-state index contributed by atoms with van der Waals surface area (Å²) in [5, 5.41) is 10.1. The maximum atomic E-state index is 12.8. The molecule has 138 valence electrons. The number of fused-ring (bicyclic) bond motifs is 3. The molecule has 1 aliphatic heterocycles. The zero-order valence-electron chi connectivity index (χ0n) is 15.0. The molecule has 1 aromatic heterocycles. The molecule has 0 aliphatic carbocycles. The number of benzene rings is 2. The number of hydrogen-bond acceptors (Lipinski definition) is 3. The first-order valence-electron chi connectivity index (χ1n) is 8.82. The van der Waals surface area contributed by atoms with E-state index in [1.54, 1.807) is 25.3 Å². The van der Waals surface area contributed by atoms with Crippen molar-refractivity contribution < 1.29 is 19.4 Å². The first-order valence-corrected chi connectivity index (χ1v) is 8.82. The van der Waals surface area contributed by atoms with Gasteiger partial charge in [-0.3, -0.25) is 4.79 Å². The Morgan fingerprint density at radius 1 is 1.19 bits per heavy atom. The van der Waals surface area contributed by atoms with E-state index in [1.165, 1.54) is 0 Å². The second-order valence-electron chi connectivity index (χ2n) is 6.74. The number of carboxylic acid groups (broad SMARTS) is 1. The fourth-order valence-corrected chi connectivity index (χ4v) is 3.59. The smallest absolute Gasteiger partial charge is 0.335 e. The van der Waals surface area contributed by atoms with E-state index in [0.717, 1.165) is 39.9 Å². The molecule has 6 heteroatoms. The Kier molecular flexibility index (Phi) is 4.32. The SMILES string of the molecule is COc1ccc(CC(=O)N2CCc3[nH]c4ccc(C(=O)O)cc4c3C2)cc1. The van der Waals surface area contributed by atoms with Crippen molar-refractivity contribution in [2.24, 2.45) is 0 Å². The van der Waals surface area contributed by atoms with Gasteiger partial charge in [0.15, 0.2) is 0 Å². The van der Waals surface area contributed by atoms with Gasteiger partial charge in [0.2, 0.25) is 5.91 Å². The highest BCUT2D eigenvalue weighted by Crippen LogP contribution is 2.29. The molecule has 1 aliphatic rings. The Bertz CT molecular complexity index is 1020. The van der Waals surface area contributed by atoms with Crippen molar-refractivity contribution in [2.45, 2.75) is 19.4 Å². The van der Waals surface area contributed by atoms with E-state index in [2.05, 4.69) is 4.98 Å². The van der Waals surface area contributed by atoms with Gasteiger partial charge in [-0.1, -0.05) is 12.1 Å². The first-order chi connectivity index (χ1) is 13.0. The molecule has 4 rings (SSSR count). The lowest BCUT2D eigenvalue weighted by Crippen LogP contribution is -2.36. The van der Waals surface area contributed by atoms with Crippen molar-refractivity contribution in [3.05, 3.63) is 64.8 Å². The molecule has 6 nitrogen and oxygen atoms in total. The van der Waals surface area contributed by atoms with Crippen LogP contribution in [0.25, 0.3) is 10.9 Å². The molecule has 0 spiro atoms. The molecule has 0 fully saturated rings. The average molecular weight is 364 g/mol. The number of nitrogens with one attached hydrogen (secondary N) is 1. The Hall–Kier alpha value is -3.28. The fourth-order valence-electron chi connectivity index (χ4n) is 3.59. The van der Waals surface area contributed by atoms with Crippen molar-refractivity contribution in [2.75, 3.05) is 13.7 Å². The summed E-state index contributed by atoms with van der Waals surface area (Å²) in [6.07, 6.45) is 1.07. The third-order valence-electron chi connectivity index (χ3n) is 5.09. The third-order valence-corrected chi connectivity index (χ3v) is 5.09. The number of H-pyrrole nitrogens is 1. The Labute approximate surface area is 156 Å². The average Bonchev–Trinajstić information content (AvgIpc) is 3.05. The number of amides is 1. The summed E-state index contributed by atoms with van der Waals surface area (Å²) in [5.74, 6) is -0.119. The van der Waals surface area contributed by atoms with Gasteiger partial charge in [-0.25, -0.2) is 4.79 Å². The van der Waals surface area contributed by atoms with Gasteiger partial charge in [0.05, 0.1) is 19.1 Å². The van der Waals surface area contributed by atoms with Crippen molar-refractivity contribution in [1.29, 1.82) is 0 Å². The quantitative estimate of drug-likeness (QED) is 0.746. The first kappa shape index (κ1) is 17.1. The second-order valence-corrected chi connectivity index (χ2v) is 6.74. The van der Waals surface area contributed by atoms with E-state index < -0.39 is 5.97 Å². The highest BCUT2D eigenvalue weighted by molar-refractivity contribution is 5.95. The summed E-state index contributed by atoms with van der Waals surface area (Å²) in [7, 11) is 1.61. The van der Waals surface area contributed by atoms with Gasteiger partial charge in [0, 0.05) is 41.7 Å². The Morgan fingerprint density at radius 2 is 1.96 bits per heavy atom. The van der Waals surface area contributed by atoms with Crippen LogP contribution in [-0.4, -0.2) is 40.5 Å². The molecular formula is C21H20N2O4. The van der Waals surface area contributed by atoms with Crippen molar-refractivity contribution in [1.82, 2.24) is 9.88 Å². The number of hydrogen-bond donors (Lipinski definition) is 2. The van der Waals surface area contributed by atoms with Crippen LogP contribution in [0.2, 0.25) is 0 Å². The molecule has 0 radical (unpaired) electrons. The highest BCUT2D eigenvalue weighted by atomic mass is 16.5. The predicted molar refractivity (Wildman–Crippen MR) is 101 cm³/mol.